The van der Waals surface area contributed by atoms with Crippen LogP contribution in [-0.2, 0) is 4.79 Å². The Morgan fingerprint density at radius 1 is 1.25 bits per heavy atom. The van der Waals surface area contributed by atoms with Gasteiger partial charge in [-0.05, 0) is 17.8 Å². The Kier molecular flexibility index (Phi) is 7.38. The minimum atomic E-state index is 0. The third kappa shape index (κ3) is 3.78. The van der Waals surface area contributed by atoms with Crippen molar-refractivity contribution in [1.82, 2.24) is 20.2 Å². The first-order valence-electron chi connectivity index (χ1n) is 3.89. The monoisotopic (exact) mass is 241 g/mol. The third-order valence-corrected chi connectivity index (χ3v) is 1.56. The Morgan fingerprint density at radius 3 is 2.69 bits per heavy atom. The molecule has 7 heteroatoms. The summed E-state index contributed by atoms with van der Waals surface area (Å²) in [7, 11) is 0. The van der Waals surface area contributed by atoms with Gasteiger partial charge >= 0.3 is 51.4 Å². The van der Waals surface area contributed by atoms with Crippen molar-refractivity contribution in [1.29, 1.82) is 0 Å². The zero-order valence-electron chi connectivity index (χ0n) is 8.53. The van der Waals surface area contributed by atoms with Gasteiger partial charge in [0, 0.05) is 12.5 Å². The Labute approximate surface area is 134 Å². The van der Waals surface area contributed by atoms with E-state index in [9.17, 15) is 4.79 Å². The first-order chi connectivity index (χ1) is 6.90. The number of rotatable bonds is 2. The molecule has 1 N–H and O–H groups in total. The quantitative estimate of drug-likeness (QED) is 0.416. The molecule has 0 radical (unpaired) electrons. The van der Waals surface area contributed by atoms with Gasteiger partial charge in [-0.25, -0.2) is 0 Å². The second-order valence-electron chi connectivity index (χ2n) is 2.48. The summed E-state index contributed by atoms with van der Waals surface area (Å²) in [4.78, 5) is 18.2. The smallest absolute Gasteiger partial charge is 0.870 e. The van der Waals surface area contributed by atoms with Gasteiger partial charge in [-0.1, -0.05) is 12.3 Å². The van der Waals surface area contributed by atoms with Crippen LogP contribution in [0.5, 0.6) is 0 Å². The number of pyridine rings is 1. The van der Waals surface area contributed by atoms with E-state index in [0.717, 1.165) is 0 Å². The van der Waals surface area contributed by atoms with E-state index in [1.165, 1.54) is 6.20 Å². The molecular weight excluding hydrogens is 235 g/mol. The van der Waals surface area contributed by atoms with Gasteiger partial charge in [0.2, 0.25) is 0 Å². The largest absolute Gasteiger partial charge is 1.00 e. The summed E-state index contributed by atoms with van der Waals surface area (Å²) in [5.41, 5.74) is 0.706. The average Bonchev–Trinajstić information content (AvgIpc) is 2.30. The molecular formula is C9H6KN4O2-. The molecule has 16 heavy (non-hydrogen) atoms. The number of nitrogens with zero attached hydrogens (tertiary/aromatic N) is 4. The molecule has 2 aromatic rings. The van der Waals surface area contributed by atoms with Gasteiger partial charge in [-0.3, -0.25) is 15.1 Å². The van der Waals surface area contributed by atoms with Gasteiger partial charge in [-0.2, -0.15) is 0 Å². The van der Waals surface area contributed by atoms with Crippen molar-refractivity contribution in [2.75, 3.05) is 0 Å². The molecule has 0 unspecified atom stereocenters. The molecule has 2 heterocycles. The van der Waals surface area contributed by atoms with Crippen LogP contribution in [0, 0.1) is 0 Å². The van der Waals surface area contributed by atoms with Crippen LogP contribution in [0.25, 0.3) is 11.5 Å². The summed E-state index contributed by atoms with van der Waals surface area (Å²) in [6.45, 7) is 0. The number of carbonyl (C=O) groups excluding carboxylic acids is 1. The van der Waals surface area contributed by atoms with Crippen molar-refractivity contribution < 1.29 is 61.7 Å². The van der Waals surface area contributed by atoms with Crippen LogP contribution < -0.4 is 51.4 Å². The van der Waals surface area contributed by atoms with E-state index in [-0.39, 0.29) is 62.6 Å². The summed E-state index contributed by atoms with van der Waals surface area (Å²) < 4.78 is 0. The third-order valence-electron chi connectivity index (χ3n) is 1.56. The second kappa shape index (κ2) is 7.66. The first-order valence-corrected chi connectivity index (χ1v) is 3.89. The van der Waals surface area contributed by atoms with E-state index in [2.05, 4.69) is 20.2 Å². The molecule has 0 atom stereocenters. The average molecular weight is 241 g/mol. The second-order valence-corrected chi connectivity index (χ2v) is 2.48. The molecule has 2 aromatic heterocycles. The van der Waals surface area contributed by atoms with Crippen molar-refractivity contribution in [3.05, 3.63) is 36.3 Å². The Morgan fingerprint density at radius 2 is 2.06 bits per heavy atom. The van der Waals surface area contributed by atoms with Crippen LogP contribution in [-0.4, -0.2) is 31.9 Å². The van der Waals surface area contributed by atoms with E-state index in [4.69, 9.17) is 0 Å². The Bertz CT molecular complexity index is 452. The van der Waals surface area contributed by atoms with Crippen molar-refractivity contribution in [2.45, 2.75) is 0 Å². The fraction of sp³-hybridized carbons (Fsp3) is 0. The molecule has 2 rings (SSSR count). The van der Waals surface area contributed by atoms with Gasteiger partial charge in [0.15, 0.2) is 5.82 Å². The van der Waals surface area contributed by atoms with Gasteiger partial charge in [-0.15, -0.1) is 5.10 Å². The zero-order chi connectivity index (χ0) is 9.80. The van der Waals surface area contributed by atoms with E-state index >= 15 is 0 Å². The Balaban J connectivity index is 0.00000112. The van der Waals surface area contributed by atoms with Crippen molar-refractivity contribution in [3.63, 3.8) is 0 Å². The van der Waals surface area contributed by atoms with E-state index in [1.54, 1.807) is 24.6 Å². The van der Waals surface area contributed by atoms with Crippen LogP contribution >= 0.6 is 0 Å². The van der Waals surface area contributed by atoms with E-state index in [1.807, 2.05) is 6.07 Å². The van der Waals surface area contributed by atoms with Crippen LogP contribution in [0.1, 0.15) is 5.69 Å². The molecule has 0 saturated carbocycles. The van der Waals surface area contributed by atoms with E-state index in [0.29, 0.717) is 11.5 Å². The predicted octanol–water partition coefficient (Wildman–Crippen LogP) is -2.78. The molecule has 0 spiro atoms. The minimum Gasteiger partial charge on any atom is -0.870 e. The zero-order valence-corrected chi connectivity index (χ0v) is 11.7. The fourth-order valence-corrected chi connectivity index (χ4v) is 0.956. The van der Waals surface area contributed by atoms with Gasteiger partial charge in [0.1, 0.15) is 5.69 Å². The van der Waals surface area contributed by atoms with Gasteiger partial charge in [0.25, 0.3) is 0 Å². The normalized spacial score (nSPS) is 8.50. The van der Waals surface area contributed by atoms with Crippen LogP contribution in [0.2, 0.25) is 0 Å². The maximum atomic E-state index is 10.3. The fourth-order valence-electron chi connectivity index (χ4n) is 0.956. The van der Waals surface area contributed by atoms with Crippen LogP contribution in [0.4, 0.5) is 0 Å². The van der Waals surface area contributed by atoms with Crippen LogP contribution in [0.15, 0.2) is 30.6 Å². The van der Waals surface area contributed by atoms with Crippen molar-refractivity contribution >= 4 is 6.29 Å². The summed E-state index contributed by atoms with van der Waals surface area (Å²) >= 11 is 0. The molecule has 0 amide bonds. The summed E-state index contributed by atoms with van der Waals surface area (Å²) in [6, 6.07) is 5.33. The molecule has 0 aliphatic rings. The molecule has 0 aliphatic heterocycles. The summed E-state index contributed by atoms with van der Waals surface area (Å²) in [6.07, 6.45) is 4.52. The maximum absolute atomic E-state index is 10.3. The number of hydrogen-bond acceptors (Lipinski definition) is 6. The van der Waals surface area contributed by atoms with Crippen LogP contribution in [0.3, 0.4) is 0 Å². The molecule has 0 bridgehead atoms. The summed E-state index contributed by atoms with van der Waals surface area (Å²) in [5, 5.41) is 7.37. The number of aromatic nitrogens is 4. The molecule has 6 nitrogen and oxygen atoms in total. The van der Waals surface area contributed by atoms with Gasteiger partial charge in [0.05, 0.1) is 0 Å². The molecule has 76 valence electrons. The predicted molar refractivity (Wildman–Crippen MR) is 49.8 cm³/mol. The summed E-state index contributed by atoms with van der Waals surface area (Å²) in [5.74, 6) is 0.325. The number of hydrogen-bond donors (Lipinski definition) is 0. The molecule has 0 aromatic carbocycles. The first kappa shape index (κ1) is 15.4. The van der Waals surface area contributed by atoms with Crippen molar-refractivity contribution in [3.8, 4) is 11.5 Å². The Hall–Kier alpha value is -0.574. The molecule has 0 saturated heterocycles. The standard InChI is InChI=1S/C9H5N4O.K.H2O/c14-6-7-5-11-13-9(12-7)8-3-1-2-4-10-8;;/h1-5H;;1H2/q-1;+1;/p-1. The maximum Gasteiger partial charge on any atom is 1.00 e. The topological polar surface area (TPSA) is 98.6 Å². The minimum absolute atomic E-state index is 0. The molecule has 0 fully saturated rings. The molecule has 0 aliphatic carbocycles. The van der Waals surface area contributed by atoms with E-state index < -0.39 is 0 Å². The van der Waals surface area contributed by atoms with Crippen molar-refractivity contribution in [2.24, 2.45) is 0 Å². The SMILES string of the molecule is O=[C-]c1cnnc(-c2ccccn2)n1.[K+].[OH-]. The van der Waals surface area contributed by atoms with Gasteiger partial charge < -0.3 is 10.3 Å².